The van der Waals surface area contributed by atoms with Gasteiger partial charge in [0.05, 0.1) is 30.6 Å². The highest BCUT2D eigenvalue weighted by Crippen LogP contribution is 2.22. The van der Waals surface area contributed by atoms with Crippen molar-refractivity contribution >= 4 is 17.0 Å². The van der Waals surface area contributed by atoms with E-state index in [0.29, 0.717) is 12.0 Å². The summed E-state index contributed by atoms with van der Waals surface area (Å²) in [5, 5.41) is 10.2. The van der Waals surface area contributed by atoms with E-state index < -0.39 is 12.1 Å². The smallest absolute Gasteiger partial charge is 0.305 e. The van der Waals surface area contributed by atoms with Crippen LogP contribution in [-0.2, 0) is 16.6 Å². The molecule has 0 aliphatic heterocycles. The quantitative estimate of drug-likeness (QED) is 0.792. The van der Waals surface area contributed by atoms with E-state index in [9.17, 15) is 9.90 Å². The van der Waals surface area contributed by atoms with Gasteiger partial charge in [-0.05, 0) is 24.1 Å². The number of methoxy groups -OCH3 is 1. The van der Waals surface area contributed by atoms with E-state index in [1.165, 1.54) is 7.11 Å². The van der Waals surface area contributed by atoms with Gasteiger partial charge in [-0.3, -0.25) is 4.79 Å². The molecule has 0 amide bonds. The van der Waals surface area contributed by atoms with Gasteiger partial charge in [0.15, 0.2) is 0 Å². The molecule has 20 heavy (non-hydrogen) atoms. The average molecular weight is 277 g/mol. The van der Waals surface area contributed by atoms with Crippen molar-refractivity contribution in [3.8, 4) is 0 Å². The maximum absolute atomic E-state index is 11.1. The molecule has 0 aliphatic rings. The SMILES string of the molecule is COC(=O)CCC(N)C(O)c1ccc2c(c1)ncn2C. The Kier molecular flexibility index (Phi) is 4.36. The van der Waals surface area contributed by atoms with Crippen molar-refractivity contribution in [2.45, 2.75) is 25.0 Å². The third kappa shape index (κ3) is 2.97. The number of carbonyl (C=O) groups is 1. The molecule has 2 atom stereocenters. The molecular weight excluding hydrogens is 258 g/mol. The summed E-state index contributed by atoms with van der Waals surface area (Å²) in [6.45, 7) is 0. The lowest BCUT2D eigenvalue weighted by atomic mass is 9.99. The number of aromatic nitrogens is 2. The monoisotopic (exact) mass is 277 g/mol. The first-order chi connectivity index (χ1) is 9.52. The minimum atomic E-state index is -0.828. The number of carbonyl (C=O) groups excluding carboxylic acids is 1. The van der Waals surface area contributed by atoms with Crippen molar-refractivity contribution in [3.05, 3.63) is 30.1 Å². The van der Waals surface area contributed by atoms with Gasteiger partial charge >= 0.3 is 5.97 Å². The predicted molar refractivity (Wildman–Crippen MR) is 74.9 cm³/mol. The number of esters is 1. The zero-order valence-electron chi connectivity index (χ0n) is 11.6. The van der Waals surface area contributed by atoms with Crippen LogP contribution in [-0.4, -0.2) is 33.8 Å². The highest BCUT2D eigenvalue weighted by molar-refractivity contribution is 5.76. The summed E-state index contributed by atoms with van der Waals surface area (Å²) in [7, 11) is 3.24. The Morgan fingerprint density at radius 3 is 3.00 bits per heavy atom. The van der Waals surface area contributed by atoms with Crippen molar-refractivity contribution in [3.63, 3.8) is 0 Å². The molecule has 2 rings (SSSR count). The van der Waals surface area contributed by atoms with Crippen molar-refractivity contribution in [2.24, 2.45) is 12.8 Å². The molecule has 3 N–H and O–H groups in total. The van der Waals surface area contributed by atoms with Gasteiger partial charge in [-0.15, -0.1) is 0 Å². The molecule has 0 saturated heterocycles. The maximum atomic E-state index is 11.1. The zero-order chi connectivity index (χ0) is 14.7. The molecular formula is C14H19N3O3. The van der Waals surface area contributed by atoms with Gasteiger partial charge in [0.1, 0.15) is 0 Å². The fraction of sp³-hybridized carbons (Fsp3) is 0.429. The van der Waals surface area contributed by atoms with Gasteiger partial charge < -0.3 is 20.1 Å². The lowest BCUT2D eigenvalue weighted by Crippen LogP contribution is -2.29. The van der Waals surface area contributed by atoms with Gasteiger partial charge in [-0.25, -0.2) is 4.98 Å². The van der Waals surface area contributed by atoms with E-state index >= 15 is 0 Å². The van der Waals surface area contributed by atoms with Crippen LogP contribution in [0.5, 0.6) is 0 Å². The van der Waals surface area contributed by atoms with E-state index in [-0.39, 0.29) is 12.4 Å². The van der Waals surface area contributed by atoms with Crippen LogP contribution in [0.15, 0.2) is 24.5 Å². The summed E-state index contributed by atoms with van der Waals surface area (Å²) in [5.74, 6) is -0.326. The number of ether oxygens (including phenoxy) is 1. The summed E-state index contributed by atoms with van der Waals surface area (Å²) in [6.07, 6.45) is 1.46. The maximum Gasteiger partial charge on any atom is 0.305 e. The highest BCUT2D eigenvalue weighted by Gasteiger charge is 2.19. The number of hydrogen-bond donors (Lipinski definition) is 2. The Labute approximate surface area is 117 Å². The number of nitrogens with zero attached hydrogens (tertiary/aromatic N) is 2. The molecule has 0 fully saturated rings. The molecule has 0 aliphatic carbocycles. The van der Waals surface area contributed by atoms with Crippen LogP contribution in [0.1, 0.15) is 24.5 Å². The van der Waals surface area contributed by atoms with Gasteiger partial charge in [-0.1, -0.05) is 6.07 Å². The summed E-state index contributed by atoms with van der Waals surface area (Å²) in [6, 6.07) is 5.02. The van der Waals surface area contributed by atoms with Crippen LogP contribution < -0.4 is 5.73 Å². The molecule has 6 heteroatoms. The topological polar surface area (TPSA) is 90.4 Å². The molecule has 2 aromatic rings. The number of nitrogens with two attached hydrogens (primary N) is 1. The second-order valence-corrected chi connectivity index (χ2v) is 4.83. The number of aliphatic hydroxyl groups excluding tert-OH is 1. The van der Waals surface area contributed by atoms with E-state index in [1.807, 2.05) is 29.8 Å². The molecule has 1 aromatic carbocycles. The van der Waals surface area contributed by atoms with E-state index in [0.717, 1.165) is 11.0 Å². The number of rotatable bonds is 5. The second kappa shape index (κ2) is 6.02. The summed E-state index contributed by atoms with van der Waals surface area (Å²) in [4.78, 5) is 15.3. The normalized spacial score (nSPS) is 14.2. The number of aryl methyl sites for hydroxylation is 1. The molecule has 0 spiro atoms. The number of hydrogen-bond acceptors (Lipinski definition) is 5. The van der Waals surface area contributed by atoms with Crippen molar-refractivity contribution < 1.29 is 14.6 Å². The van der Waals surface area contributed by atoms with Gasteiger partial charge in [0, 0.05) is 19.5 Å². The largest absolute Gasteiger partial charge is 0.469 e. The Morgan fingerprint density at radius 2 is 2.30 bits per heavy atom. The minimum absolute atomic E-state index is 0.195. The Morgan fingerprint density at radius 1 is 1.55 bits per heavy atom. The second-order valence-electron chi connectivity index (χ2n) is 4.83. The molecule has 108 valence electrons. The number of fused-ring (bicyclic) bond motifs is 1. The number of aliphatic hydroxyl groups is 1. The summed E-state index contributed by atoms with van der Waals surface area (Å²) < 4.78 is 6.46. The van der Waals surface area contributed by atoms with Crippen LogP contribution in [0.3, 0.4) is 0 Å². The van der Waals surface area contributed by atoms with Crippen molar-refractivity contribution in [1.29, 1.82) is 0 Å². The van der Waals surface area contributed by atoms with E-state index in [1.54, 1.807) is 6.33 Å². The lowest BCUT2D eigenvalue weighted by molar-refractivity contribution is -0.140. The van der Waals surface area contributed by atoms with Crippen LogP contribution >= 0.6 is 0 Å². The molecule has 1 aromatic heterocycles. The Balaban J connectivity index is 2.09. The van der Waals surface area contributed by atoms with Gasteiger partial charge in [0.2, 0.25) is 0 Å². The van der Waals surface area contributed by atoms with Crippen molar-refractivity contribution in [1.82, 2.24) is 9.55 Å². The van der Waals surface area contributed by atoms with Crippen LogP contribution in [0, 0.1) is 0 Å². The lowest BCUT2D eigenvalue weighted by Gasteiger charge is -2.18. The van der Waals surface area contributed by atoms with E-state index in [2.05, 4.69) is 9.72 Å². The third-order valence-electron chi connectivity index (χ3n) is 3.41. The molecule has 0 bridgehead atoms. The highest BCUT2D eigenvalue weighted by atomic mass is 16.5. The molecule has 0 saturated carbocycles. The fourth-order valence-electron chi connectivity index (χ4n) is 2.13. The summed E-state index contributed by atoms with van der Waals surface area (Å²) in [5.41, 5.74) is 8.42. The van der Waals surface area contributed by atoms with Gasteiger partial charge in [-0.2, -0.15) is 0 Å². The molecule has 0 radical (unpaired) electrons. The first-order valence-corrected chi connectivity index (χ1v) is 6.44. The Hall–Kier alpha value is -1.92. The van der Waals surface area contributed by atoms with Gasteiger partial charge in [0.25, 0.3) is 0 Å². The number of benzene rings is 1. The average Bonchev–Trinajstić information content (AvgIpc) is 2.84. The van der Waals surface area contributed by atoms with Crippen molar-refractivity contribution in [2.75, 3.05) is 7.11 Å². The first kappa shape index (κ1) is 14.5. The number of imidazole rings is 1. The standard InChI is InChI=1S/C14H19N3O3/c1-17-8-16-11-7-9(3-5-12(11)17)14(19)10(15)4-6-13(18)20-2/h3,5,7-8,10,14,19H,4,6,15H2,1-2H3. The molecule has 6 nitrogen and oxygen atoms in total. The third-order valence-corrected chi connectivity index (χ3v) is 3.41. The van der Waals surface area contributed by atoms with E-state index in [4.69, 9.17) is 5.73 Å². The summed E-state index contributed by atoms with van der Waals surface area (Å²) >= 11 is 0. The Bertz CT molecular complexity index is 609. The minimum Gasteiger partial charge on any atom is -0.469 e. The first-order valence-electron chi connectivity index (χ1n) is 6.44. The molecule has 1 heterocycles. The molecule has 2 unspecified atom stereocenters. The fourth-order valence-corrected chi connectivity index (χ4v) is 2.13. The van der Waals surface area contributed by atoms with Crippen LogP contribution in [0.4, 0.5) is 0 Å². The van der Waals surface area contributed by atoms with Crippen LogP contribution in [0.25, 0.3) is 11.0 Å². The zero-order valence-corrected chi connectivity index (χ0v) is 11.6. The van der Waals surface area contributed by atoms with Crippen LogP contribution in [0.2, 0.25) is 0 Å². The predicted octanol–water partition coefficient (Wildman–Crippen LogP) is 0.887.